The van der Waals surface area contributed by atoms with Gasteiger partial charge in [-0.15, -0.1) is 0 Å². The molecule has 8 aromatic carbocycles. The van der Waals surface area contributed by atoms with Crippen LogP contribution in [0.1, 0.15) is 73.1 Å². The topological polar surface area (TPSA) is 264 Å². The molecule has 0 radical (unpaired) electrons. The number of hydrogen-bond donors (Lipinski definition) is 6. The van der Waals surface area contributed by atoms with E-state index in [2.05, 4.69) is 26.6 Å². The fourth-order valence-corrected chi connectivity index (χ4v) is 9.70. The number of rotatable bonds is 30. The number of aliphatic hydroxyl groups excluding tert-OH is 1. The normalized spacial score (nSPS) is 12.6. The summed E-state index contributed by atoms with van der Waals surface area (Å²) in [7, 11) is 0. The maximum atomic E-state index is 15.2. The molecule has 25 heteroatoms. The van der Waals surface area contributed by atoms with Crippen LogP contribution in [0.3, 0.4) is 0 Å². The molecule has 0 bridgehead atoms. The molecule has 0 fully saturated rings. The largest absolute Gasteiger partial charge is 0.489 e. The monoisotopic (exact) mass is 1370 g/mol. The lowest BCUT2D eigenvalue weighted by atomic mass is 9.95. The maximum absolute atomic E-state index is 15.2. The minimum absolute atomic E-state index is 0.0326. The molecule has 0 saturated carbocycles. The van der Waals surface area contributed by atoms with Gasteiger partial charge in [0, 0.05) is 25.8 Å². The smallest absolute Gasteiger partial charge is 0.408 e. The van der Waals surface area contributed by atoms with Crippen LogP contribution in [0.15, 0.2) is 188 Å². The Kier molecular flexibility index (Phi) is 26.4. The van der Waals surface area contributed by atoms with Crippen LogP contribution in [0.2, 0.25) is 0 Å². The standard InChI is InChI=1S/C74H72F5N5O15/c1-45(69(88)95-42-48-24-14-7-15-25-48)81-67(86)56(82-68(87)57(83-73(92)99-74(2,3)4)38-55(85)39-80-71(90)96-43-49-26-16-8-17-27-49)36-53-34-51(30-32-59(53)93-40-46-20-10-5-11-21-46)52-31-33-60(94-41-47-22-12-6-13-23-47)54(35-52)37-58(84-72(91)97-44-50-28-18-9-19-29-50)70(89)98-66-64(78)62(76)61(75)63(77)65(66)79/h5-35,45,55-58,85H,36-44H2,1-4H3,(H,80,90)(H,81,86)(H,82,87)(H,83,92)(H,84,91)/t45-,55+,56-,57-,58-/m0/s1. The lowest BCUT2D eigenvalue weighted by Gasteiger charge is -2.27. The van der Waals surface area contributed by atoms with Crippen LogP contribution in [-0.2, 0) is 84.0 Å². The summed E-state index contributed by atoms with van der Waals surface area (Å²) < 4.78 is 113. The van der Waals surface area contributed by atoms with Gasteiger partial charge in [-0.3, -0.25) is 9.59 Å². The summed E-state index contributed by atoms with van der Waals surface area (Å²) in [6, 6.07) is 46.2. The summed E-state index contributed by atoms with van der Waals surface area (Å²) in [5.74, 6) is -18.6. The highest BCUT2D eigenvalue weighted by atomic mass is 19.2. The number of aliphatic hydroxyl groups is 1. The zero-order chi connectivity index (χ0) is 71.0. The summed E-state index contributed by atoms with van der Waals surface area (Å²) in [5.41, 5.74) is 3.11. The van der Waals surface area contributed by atoms with Crippen LogP contribution < -0.4 is 40.8 Å². The van der Waals surface area contributed by atoms with E-state index in [9.17, 15) is 51.8 Å². The molecule has 0 spiro atoms. The molecule has 5 amide bonds. The van der Waals surface area contributed by atoms with Gasteiger partial charge >= 0.3 is 30.2 Å². The average molecular weight is 1370 g/mol. The number of alkyl carbamates (subject to hydrolysis) is 3. The van der Waals surface area contributed by atoms with E-state index in [0.717, 1.165) is 0 Å². The molecule has 8 aromatic rings. The fourth-order valence-electron chi connectivity index (χ4n) is 9.70. The van der Waals surface area contributed by atoms with Crippen LogP contribution in [-0.4, -0.2) is 89.6 Å². The van der Waals surface area contributed by atoms with E-state index in [0.29, 0.717) is 38.9 Å². The molecule has 8 rings (SSSR count). The van der Waals surface area contributed by atoms with Crippen LogP contribution in [0.25, 0.3) is 11.1 Å². The second-order valence-electron chi connectivity index (χ2n) is 23.6. The van der Waals surface area contributed by atoms with Crippen LogP contribution in [0.5, 0.6) is 17.2 Å². The number of esters is 2. The van der Waals surface area contributed by atoms with Crippen molar-refractivity contribution < 1.29 is 93.8 Å². The summed E-state index contributed by atoms with van der Waals surface area (Å²) in [6.45, 7) is 4.90. The van der Waals surface area contributed by atoms with Crippen molar-refractivity contribution in [2.24, 2.45) is 0 Å². The molecule has 6 N–H and O–H groups in total. The van der Waals surface area contributed by atoms with Gasteiger partial charge in [0.05, 0.1) is 6.10 Å². The number of carbonyl (C=O) groups is 7. The predicted octanol–water partition coefficient (Wildman–Crippen LogP) is 11.5. The van der Waals surface area contributed by atoms with Gasteiger partial charge in [0.15, 0.2) is 0 Å². The Morgan fingerprint density at radius 1 is 0.434 bits per heavy atom. The van der Waals surface area contributed by atoms with E-state index in [-0.39, 0.29) is 55.7 Å². The zero-order valence-corrected chi connectivity index (χ0v) is 54.2. The molecule has 0 saturated heterocycles. The first-order valence-electron chi connectivity index (χ1n) is 31.2. The van der Waals surface area contributed by atoms with E-state index in [1.165, 1.54) is 19.1 Å². The summed E-state index contributed by atoms with van der Waals surface area (Å²) >= 11 is 0. The van der Waals surface area contributed by atoms with E-state index >= 15 is 8.78 Å². The van der Waals surface area contributed by atoms with Gasteiger partial charge in [-0.25, -0.2) is 37.1 Å². The summed E-state index contributed by atoms with van der Waals surface area (Å²) in [5, 5.41) is 23.9. The van der Waals surface area contributed by atoms with Gasteiger partial charge in [0.2, 0.25) is 46.6 Å². The molecule has 0 aliphatic carbocycles. The third-order valence-electron chi connectivity index (χ3n) is 14.7. The Morgan fingerprint density at radius 3 is 1.28 bits per heavy atom. The molecular weight excluding hydrogens is 1290 g/mol. The van der Waals surface area contributed by atoms with E-state index in [4.69, 9.17) is 33.2 Å². The third kappa shape index (κ3) is 22.6. The molecule has 99 heavy (non-hydrogen) atoms. The van der Waals surface area contributed by atoms with Crippen LogP contribution in [0.4, 0.5) is 36.3 Å². The van der Waals surface area contributed by atoms with E-state index in [1.807, 2.05) is 0 Å². The molecule has 0 heterocycles. The lowest BCUT2D eigenvalue weighted by Crippen LogP contribution is -2.57. The van der Waals surface area contributed by atoms with Gasteiger partial charge in [0.1, 0.15) is 74.3 Å². The first-order chi connectivity index (χ1) is 47.5. The van der Waals surface area contributed by atoms with Gasteiger partial charge in [0.25, 0.3) is 0 Å². The van der Waals surface area contributed by atoms with Gasteiger partial charge in [-0.1, -0.05) is 164 Å². The second-order valence-corrected chi connectivity index (χ2v) is 23.6. The molecule has 0 unspecified atom stereocenters. The van der Waals surface area contributed by atoms with E-state index < -0.39 is 139 Å². The highest BCUT2D eigenvalue weighted by Crippen LogP contribution is 2.34. The minimum Gasteiger partial charge on any atom is -0.489 e. The number of amides is 5. The fraction of sp³-hybridized carbons (Fsp3) is 0.257. The van der Waals surface area contributed by atoms with Crippen molar-refractivity contribution in [3.05, 3.63) is 256 Å². The zero-order valence-electron chi connectivity index (χ0n) is 54.2. The Labute approximate surface area is 567 Å². The maximum Gasteiger partial charge on any atom is 0.408 e. The van der Waals surface area contributed by atoms with Crippen LogP contribution in [0, 0.1) is 29.1 Å². The number of nitrogens with one attached hydrogen (secondary N) is 5. The number of carbonyl (C=O) groups excluding carboxylic acids is 7. The Hall–Kier alpha value is -11.3. The molecule has 518 valence electrons. The summed E-state index contributed by atoms with van der Waals surface area (Å²) in [6.07, 6.45) is -6.50. The number of halogens is 5. The lowest BCUT2D eigenvalue weighted by molar-refractivity contribution is -0.148. The summed E-state index contributed by atoms with van der Waals surface area (Å²) in [4.78, 5) is 97.4. The van der Waals surface area contributed by atoms with Gasteiger partial charge < -0.3 is 64.8 Å². The van der Waals surface area contributed by atoms with Crippen molar-refractivity contribution in [2.45, 2.75) is 116 Å². The Balaban J connectivity index is 1.17. The average Bonchev–Trinajstić information content (AvgIpc) is 0.803. The predicted molar refractivity (Wildman–Crippen MR) is 350 cm³/mol. The third-order valence-corrected chi connectivity index (χ3v) is 14.7. The van der Waals surface area contributed by atoms with Crippen molar-refractivity contribution >= 4 is 42.0 Å². The first kappa shape index (κ1) is 73.5. The van der Waals surface area contributed by atoms with Gasteiger partial charge in [-0.2, -0.15) is 8.78 Å². The molecular formula is C74H72F5N5O15. The molecule has 0 aliphatic heterocycles. The highest BCUT2D eigenvalue weighted by molar-refractivity contribution is 5.93. The first-order valence-corrected chi connectivity index (χ1v) is 31.2. The van der Waals surface area contributed by atoms with Crippen molar-refractivity contribution in [2.75, 3.05) is 6.54 Å². The highest BCUT2D eigenvalue weighted by Gasteiger charge is 2.35. The van der Waals surface area contributed by atoms with Crippen molar-refractivity contribution in [3.63, 3.8) is 0 Å². The number of benzene rings is 8. The van der Waals surface area contributed by atoms with Gasteiger partial charge in [-0.05, 0) is 102 Å². The molecule has 20 nitrogen and oxygen atoms in total. The molecule has 0 aromatic heterocycles. The molecule has 5 atom stereocenters. The second kappa shape index (κ2) is 35.6. The van der Waals surface area contributed by atoms with E-state index in [1.54, 1.807) is 197 Å². The van der Waals surface area contributed by atoms with Crippen molar-refractivity contribution in [3.8, 4) is 28.4 Å². The number of ether oxygens (including phenoxy) is 7. The Bertz CT molecular complexity index is 4040. The molecule has 0 aliphatic rings. The quantitative estimate of drug-likeness (QED) is 0.00610. The van der Waals surface area contributed by atoms with Crippen molar-refractivity contribution in [1.82, 2.24) is 26.6 Å². The minimum atomic E-state index is -2.52. The van der Waals surface area contributed by atoms with Crippen molar-refractivity contribution in [1.29, 1.82) is 0 Å². The SMILES string of the molecule is C[C@H](NC(=O)[C@H](Cc1cc(-c2ccc(OCc3ccccc3)c(C[C@H](NC(=O)OCc3ccccc3)C(=O)Oc3c(F)c(F)c(F)c(F)c3F)c2)ccc1OCc1ccccc1)NC(=O)[C@H](C[C@@H](O)CNC(=O)OCc1ccccc1)NC(=O)OC(C)(C)C)C(=O)OCc1ccccc1. The van der Waals surface area contributed by atoms with Crippen LogP contribution >= 0.6 is 0 Å². The Morgan fingerprint density at radius 2 is 0.828 bits per heavy atom. The number of hydrogen-bond acceptors (Lipinski definition) is 15.